The molecule has 20 heavy (non-hydrogen) atoms. The number of hydrogen-bond donors (Lipinski definition) is 1. The first-order valence-electron chi connectivity index (χ1n) is 6.78. The summed E-state index contributed by atoms with van der Waals surface area (Å²) < 4.78 is 2.23. The molecule has 0 amide bonds. The molecule has 2 rings (SSSR count). The smallest absolute Gasteiger partial charge is 0.0590 e. The molecule has 1 N–H and O–H groups in total. The minimum Gasteiger partial charge on any atom is -0.306 e. The van der Waals surface area contributed by atoms with E-state index in [2.05, 4.69) is 94.3 Å². The summed E-state index contributed by atoms with van der Waals surface area (Å²) in [5.41, 5.74) is 5.21. The highest BCUT2D eigenvalue weighted by molar-refractivity contribution is 9.11. The van der Waals surface area contributed by atoms with Crippen LogP contribution in [0.4, 0.5) is 0 Å². The summed E-state index contributed by atoms with van der Waals surface area (Å²) in [6.45, 7) is 7.38. The monoisotopic (exact) mass is 395 g/mol. The molecule has 106 valence electrons. The minimum absolute atomic E-state index is 0.201. The van der Waals surface area contributed by atoms with E-state index in [1.54, 1.807) is 0 Å². The maximum Gasteiger partial charge on any atom is 0.0590 e. The molecule has 0 radical (unpaired) electrons. The van der Waals surface area contributed by atoms with Crippen molar-refractivity contribution in [2.45, 2.75) is 26.8 Å². The van der Waals surface area contributed by atoms with Gasteiger partial charge < -0.3 is 5.32 Å². The molecule has 2 aromatic carbocycles. The standard InChI is InChI=1S/C17H19Br2N/c1-4-20-17(14-7-5-11(2)9-12(14)3)15-10-13(18)6-8-16(15)19/h5-10,17,20H,4H2,1-3H3. The molecule has 0 aliphatic heterocycles. The van der Waals surface area contributed by atoms with Crippen LogP contribution in [0.3, 0.4) is 0 Å². The van der Waals surface area contributed by atoms with E-state index in [4.69, 9.17) is 0 Å². The first kappa shape index (κ1) is 15.7. The lowest BCUT2D eigenvalue weighted by atomic mass is 9.94. The summed E-state index contributed by atoms with van der Waals surface area (Å²) in [5.74, 6) is 0. The van der Waals surface area contributed by atoms with Crippen molar-refractivity contribution in [3.05, 3.63) is 67.6 Å². The fourth-order valence-electron chi connectivity index (χ4n) is 2.48. The summed E-state index contributed by atoms with van der Waals surface area (Å²) in [7, 11) is 0. The average Bonchev–Trinajstić information content (AvgIpc) is 2.40. The van der Waals surface area contributed by atoms with Gasteiger partial charge >= 0.3 is 0 Å². The predicted molar refractivity (Wildman–Crippen MR) is 93.3 cm³/mol. The van der Waals surface area contributed by atoms with Crippen LogP contribution < -0.4 is 5.32 Å². The SMILES string of the molecule is CCNC(c1ccc(C)cc1C)c1cc(Br)ccc1Br. The summed E-state index contributed by atoms with van der Waals surface area (Å²) >= 11 is 7.25. The van der Waals surface area contributed by atoms with Crippen LogP contribution in [0.2, 0.25) is 0 Å². The molecular weight excluding hydrogens is 378 g/mol. The van der Waals surface area contributed by atoms with E-state index in [1.807, 2.05) is 0 Å². The van der Waals surface area contributed by atoms with Gasteiger partial charge in [0.25, 0.3) is 0 Å². The molecule has 0 aliphatic carbocycles. The Bertz CT molecular complexity index is 608. The molecule has 1 nitrogen and oxygen atoms in total. The zero-order valence-electron chi connectivity index (χ0n) is 12.0. The van der Waals surface area contributed by atoms with Crippen LogP contribution in [0.15, 0.2) is 45.3 Å². The van der Waals surface area contributed by atoms with Gasteiger partial charge in [-0.2, -0.15) is 0 Å². The van der Waals surface area contributed by atoms with Crippen LogP contribution in [-0.2, 0) is 0 Å². The molecule has 0 heterocycles. The largest absolute Gasteiger partial charge is 0.306 e. The lowest BCUT2D eigenvalue weighted by Crippen LogP contribution is -2.23. The molecule has 0 aromatic heterocycles. The summed E-state index contributed by atoms with van der Waals surface area (Å²) in [6, 6.07) is 13.2. The van der Waals surface area contributed by atoms with E-state index in [1.165, 1.54) is 22.3 Å². The van der Waals surface area contributed by atoms with Gasteiger partial charge in [0.1, 0.15) is 0 Å². The summed E-state index contributed by atoms with van der Waals surface area (Å²) in [4.78, 5) is 0. The normalized spacial score (nSPS) is 12.4. The number of nitrogens with one attached hydrogen (secondary N) is 1. The Balaban J connectivity index is 2.53. The molecule has 0 saturated heterocycles. The van der Waals surface area contributed by atoms with Crippen LogP contribution in [0.5, 0.6) is 0 Å². The van der Waals surface area contributed by atoms with Crippen molar-refractivity contribution in [3.63, 3.8) is 0 Å². The van der Waals surface area contributed by atoms with Crippen LogP contribution in [-0.4, -0.2) is 6.54 Å². The molecule has 0 fully saturated rings. The molecule has 3 heteroatoms. The topological polar surface area (TPSA) is 12.0 Å². The fraction of sp³-hybridized carbons (Fsp3) is 0.294. The summed E-state index contributed by atoms with van der Waals surface area (Å²) in [5, 5.41) is 3.59. The fourth-order valence-corrected chi connectivity index (χ4v) is 3.33. The van der Waals surface area contributed by atoms with Crippen molar-refractivity contribution in [3.8, 4) is 0 Å². The van der Waals surface area contributed by atoms with Gasteiger partial charge in [-0.15, -0.1) is 0 Å². The van der Waals surface area contributed by atoms with Crippen molar-refractivity contribution < 1.29 is 0 Å². The van der Waals surface area contributed by atoms with Gasteiger partial charge in [-0.1, -0.05) is 62.5 Å². The second-order valence-corrected chi connectivity index (χ2v) is 6.79. The molecular formula is C17H19Br2N. The summed E-state index contributed by atoms with van der Waals surface area (Å²) in [6.07, 6.45) is 0. The number of rotatable bonds is 4. The van der Waals surface area contributed by atoms with Crippen molar-refractivity contribution in [1.29, 1.82) is 0 Å². The second kappa shape index (κ2) is 6.88. The molecule has 0 spiro atoms. The Hall–Kier alpha value is -0.640. The molecule has 1 unspecified atom stereocenters. The first-order chi connectivity index (χ1) is 9.52. The zero-order chi connectivity index (χ0) is 14.7. The Morgan fingerprint density at radius 2 is 1.75 bits per heavy atom. The van der Waals surface area contributed by atoms with E-state index < -0.39 is 0 Å². The predicted octanol–water partition coefficient (Wildman–Crippen LogP) is 5.53. The maximum atomic E-state index is 3.68. The highest BCUT2D eigenvalue weighted by Crippen LogP contribution is 2.32. The van der Waals surface area contributed by atoms with E-state index in [0.717, 1.165) is 15.5 Å². The van der Waals surface area contributed by atoms with E-state index >= 15 is 0 Å². The maximum absolute atomic E-state index is 3.68. The van der Waals surface area contributed by atoms with Crippen molar-refractivity contribution in [2.75, 3.05) is 6.54 Å². The molecule has 0 aliphatic rings. The first-order valence-corrected chi connectivity index (χ1v) is 8.37. The Kier molecular flexibility index (Phi) is 5.42. The number of hydrogen-bond acceptors (Lipinski definition) is 1. The van der Waals surface area contributed by atoms with Gasteiger partial charge in [-0.05, 0) is 55.3 Å². The lowest BCUT2D eigenvalue weighted by Gasteiger charge is -2.22. The van der Waals surface area contributed by atoms with Crippen molar-refractivity contribution in [2.24, 2.45) is 0 Å². The van der Waals surface area contributed by atoms with Crippen molar-refractivity contribution >= 4 is 31.9 Å². The van der Waals surface area contributed by atoms with Crippen LogP contribution in [0, 0.1) is 13.8 Å². The highest BCUT2D eigenvalue weighted by Gasteiger charge is 2.18. The van der Waals surface area contributed by atoms with Crippen molar-refractivity contribution in [1.82, 2.24) is 5.32 Å². The van der Waals surface area contributed by atoms with E-state index in [9.17, 15) is 0 Å². The van der Waals surface area contributed by atoms with Gasteiger partial charge in [-0.3, -0.25) is 0 Å². The Morgan fingerprint density at radius 1 is 1.00 bits per heavy atom. The highest BCUT2D eigenvalue weighted by atomic mass is 79.9. The Morgan fingerprint density at radius 3 is 2.40 bits per heavy atom. The number of benzene rings is 2. The van der Waals surface area contributed by atoms with Gasteiger partial charge in [0.05, 0.1) is 6.04 Å². The van der Waals surface area contributed by atoms with E-state index in [-0.39, 0.29) is 6.04 Å². The van der Waals surface area contributed by atoms with E-state index in [0.29, 0.717) is 0 Å². The van der Waals surface area contributed by atoms with Gasteiger partial charge in [0.15, 0.2) is 0 Å². The second-order valence-electron chi connectivity index (χ2n) is 5.02. The van der Waals surface area contributed by atoms with Crippen LogP contribution >= 0.6 is 31.9 Å². The van der Waals surface area contributed by atoms with Gasteiger partial charge in [0, 0.05) is 8.95 Å². The third-order valence-corrected chi connectivity index (χ3v) is 4.63. The quantitative estimate of drug-likeness (QED) is 0.716. The van der Waals surface area contributed by atoms with Crippen LogP contribution in [0.25, 0.3) is 0 Å². The number of aryl methyl sites for hydroxylation is 2. The lowest BCUT2D eigenvalue weighted by molar-refractivity contribution is 0.625. The number of halogens is 2. The van der Waals surface area contributed by atoms with Crippen LogP contribution in [0.1, 0.15) is 35.2 Å². The Labute approximate surface area is 138 Å². The zero-order valence-corrected chi connectivity index (χ0v) is 15.2. The molecule has 2 aromatic rings. The van der Waals surface area contributed by atoms with Gasteiger partial charge in [-0.25, -0.2) is 0 Å². The minimum atomic E-state index is 0.201. The molecule has 0 saturated carbocycles. The average molecular weight is 397 g/mol. The third kappa shape index (κ3) is 3.51. The third-order valence-electron chi connectivity index (χ3n) is 3.41. The molecule has 0 bridgehead atoms. The molecule has 1 atom stereocenters. The van der Waals surface area contributed by atoms with Gasteiger partial charge in [0.2, 0.25) is 0 Å².